The molecule has 2 aromatic heterocycles. The highest BCUT2D eigenvalue weighted by Crippen LogP contribution is 2.39. The molecular formula is C24H29N7O2. The van der Waals surface area contributed by atoms with Crippen LogP contribution in [0.15, 0.2) is 36.4 Å². The molecule has 0 saturated carbocycles. The number of ether oxygens (including phenoxy) is 2. The standard InChI is InChI=1S/C24H29N7O2/c1-16-14-22(31-30-16)28-21-15-18(17-8-10-26-11-9-17)23(25-2)24(29-21)27-12-13-33-20-7-5-4-6-19(20)32-3/h4-7,14-15,17,26H,8-13H2,1,3H3,(H3,27,28,29,30,31). The summed E-state index contributed by atoms with van der Waals surface area (Å²) in [5, 5.41) is 17.2. The Bertz CT molecular complexity index is 1120. The normalized spacial score (nSPS) is 13.8. The van der Waals surface area contributed by atoms with Crippen LogP contribution in [0, 0.1) is 13.5 Å². The monoisotopic (exact) mass is 447 g/mol. The molecule has 9 nitrogen and oxygen atoms in total. The van der Waals surface area contributed by atoms with Gasteiger partial charge in [-0.2, -0.15) is 5.10 Å². The Labute approximate surface area is 193 Å². The molecule has 0 amide bonds. The Morgan fingerprint density at radius 1 is 1.15 bits per heavy atom. The van der Waals surface area contributed by atoms with Crippen molar-refractivity contribution in [2.75, 3.05) is 44.0 Å². The average molecular weight is 448 g/mol. The first-order valence-electron chi connectivity index (χ1n) is 11.1. The molecule has 9 heteroatoms. The summed E-state index contributed by atoms with van der Waals surface area (Å²) in [7, 11) is 1.62. The van der Waals surface area contributed by atoms with Crippen LogP contribution in [0.3, 0.4) is 0 Å². The lowest BCUT2D eigenvalue weighted by Crippen LogP contribution is -2.26. The van der Waals surface area contributed by atoms with Crippen molar-refractivity contribution >= 4 is 23.1 Å². The number of aromatic nitrogens is 3. The van der Waals surface area contributed by atoms with Crippen molar-refractivity contribution in [2.24, 2.45) is 0 Å². The van der Waals surface area contributed by atoms with Gasteiger partial charge in [0.2, 0.25) is 5.69 Å². The quantitative estimate of drug-likeness (QED) is 0.285. The molecule has 1 aliphatic heterocycles. The number of hydrogen-bond donors (Lipinski definition) is 4. The molecule has 0 spiro atoms. The van der Waals surface area contributed by atoms with Crippen molar-refractivity contribution < 1.29 is 9.47 Å². The molecule has 0 aliphatic carbocycles. The van der Waals surface area contributed by atoms with E-state index in [0.29, 0.717) is 53.7 Å². The lowest BCUT2D eigenvalue weighted by Gasteiger charge is -2.25. The van der Waals surface area contributed by atoms with Gasteiger partial charge in [-0.1, -0.05) is 12.1 Å². The van der Waals surface area contributed by atoms with Crippen LogP contribution in [0.25, 0.3) is 4.85 Å². The van der Waals surface area contributed by atoms with E-state index in [1.807, 2.05) is 43.3 Å². The molecule has 1 aliphatic rings. The van der Waals surface area contributed by atoms with Crippen molar-refractivity contribution in [1.29, 1.82) is 0 Å². The summed E-state index contributed by atoms with van der Waals surface area (Å²) in [6.07, 6.45) is 1.98. The van der Waals surface area contributed by atoms with Gasteiger partial charge in [-0.25, -0.2) is 9.83 Å². The summed E-state index contributed by atoms with van der Waals surface area (Å²) in [6, 6.07) is 11.4. The van der Waals surface area contributed by atoms with Crippen LogP contribution < -0.4 is 25.4 Å². The highest BCUT2D eigenvalue weighted by molar-refractivity contribution is 5.74. The maximum absolute atomic E-state index is 7.85. The number of H-pyrrole nitrogens is 1. The SMILES string of the molecule is [C-]#[N+]c1c(C2CCNCC2)cc(Nc2cc(C)[nH]n2)nc1NCCOc1ccccc1OC. The van der Waals surface area contributed by atoms with Crippen LogP contribution in [0.5, 0.6) is 11.5 Å². The van der Waals surface area contributed by atoms with Crippen molar-refractivity contribution in [2.45, 2.75) is 25.7 Å². The molecule has 3 aromatic rings. The number of para-hydroxylation sites is 2. The van der Waals surface area contributed by atoms with E-state index in [1.54, 1.807) is 7.11 Å². The van der Waals surface area contributed by atoms with Crippen molar-refractivity contribution in [3.8, 4) is 11.5 Å². The number of hydrogen-bond acceptors (Lipinski definition) is 7. The third-order valence-electron chi connectivity index (χ3n) is 5.60. The molecule has 1 saturated heterocycles. The lowest BCUT2D eigenvalue weighted by atomic mass is 9.89. The van der Waals surface area contributed by atoms with Gasteiger partial charge >= 0.3 is 0 Å². The number of rotatable bonds is 9. The average Bonchev–Trinajstić information content (AvgIpc) is 3.26. The van der Waals surface area contributed by atoms with Gasteiger partial charge in [0.15, 0.2) is 17.3 Å². The highest BCUT2D eigenvalue weighted by Gasteiger charge is 2.22. The molecule has 0 bridgehead atoms. The maximum Gasteiger partial charge on any atom is 0.231 e. The minimum absolute atomic E-state index is 0.310. The summed E-state index contributed by atoms with van der Waals surface area (Å²) < 4.78 is 11.2. The van der Waals surface area contributed by atoms with E-state index >= 15 is 0 Å². The number of piperidine rings is 1. The largest absolute Gasteiger partial charge is 0.493 e. The van der Waals surface area contributed by atoms with Gasteiger partial charge in [-0.3, -0.25) is 5.10 Å². The molecule has 4 rings (SSSR count). The molecule has 3 heterocycles. The number of aromatic amines is 1. The maximum atomic E-state index is 7.85. The Kier molecular flexibility index (Phi) is 7.27. The van der Waals surface area contributed by atoms with Crippen LogP contribution in [-0.4, -0.2) is 48.5 Å². The van der Waals surface area contributed by atoms with Gasteiger partial charge in [0, 0.05) is 18.3 Å². The minimum Gasteiger partial charge on any atom is -0.493 e. The van der Waals surface area contributed by atoms with Crippen molar-refractivity contribution in [3.63, 3.8) is 0 Å². The number of pyridine rings is 1. The third kappa shape index (κ3) is 5.54. The van der Waals surface area contributed by atoms with Crippen LogP contribution in [0.4, 0.5) is 23.1 Å². The smallest absolute Gasteiger partial charge is 0.231 e. The molecule has 0 radical (unpaired) electrons. The van der Waals surface area contributed by atoms with E-state index in [9.17, 15) is 0 Å². The Morgan fingerprint density at radius 2 is 1.94 bits per heavy atom. The predicted molar refractivity (Wildman–Crippen MR) is 129 cm³/mol. The number of aryl methyl sites for hydroxylation is 1. The van der Waals surface area contributed by atoms with Gasteiger partial charge in [0.25, 0.3) is 0 Å². The van der Waals surface area contributed by atoms with E-state index in [1.165, 1.54) is 0 Å². The van der Waals surface area contributed by atoms with Gasteiger partial charge in [-0.15, -0.1) is 0 Å². The van der Waals surface area contributed by atoms with Crippen molar-refractivity contribution in [1.82, 2.24) is 20.5 Å². The first-order chi connectivity index (χ1) is 16.2. The van der Waals surface area contributed by atoms with Gasteiger partial charge < -0.3 is 25.4 Å². The number of anilines is 3. The molecule has 33 heavy (non-hydrogen) atoms. The fourth-order valence-corrected chi connectivity index (χ4v) is 3.99. The number of nitrogens with one attached hydrogen (secondary N) is 4. The molecule has 172 valence electrons. The summed E-state index contributed by atoms with van der Waals surface area (Å²) in [5.74, 6) is 3.59. The second kappa shape index (κ2) is 10.7. The molecule has 1 aromatic carbocycles. The fourth-order valence-electron chi connectivity index (χ4n) is 3.99. The number of nitrogens with zero attached hydrogens (tertiary/aromatic N) is 3. The molecule has 0 atom stereocenters. The second-order valence-electron chi connectivity index (χ2n) is 7.92. The zero-order chi connectivity index (χ0) is 23.0. The van der Waals surface area contributed by atoms with Gasteiger partial charge in [0.05, 0.1) is 13.7 Å². The molecule has 4 N–H and O–H groups in total. The Balaban J connectivity index is 1.54. The summed E-state index contributed by atoms with van der Waals surface area (Å²) in [6.45, 7) is 12.6. The molecule has 1 fully saturated rings. The van der Waals surface area contributed by atoms with E-state index in [0.717, 1.165) is 37.2 Å². The number of methoxy groups -OCH3 is 1. The summed E-state index contributed by atoms with van der Waals surface area (Å²) in [4.78, 5) is 8.55. The van der Waals surface area contributed by atoms with Crippen molar-refractivity contribution in [3.05, 3.63) is 59.1 Å². The molecule has 0 unspecified atom stereocenters. The van der Waals surface area contributed by atoms with E-state index in [4.69, 9.17) is 21.0 Å². The predicted octanol–water partition coefficient (Wildman–Crippen LogP) is 4.37. The van der Waals surface area contributed by atoms with E-state index in [-0.39, 0.29) is 0 Å². The first-order valence-corrected chi connectivity index (χ1v) is 11.1. The number of benzene rings is 1. The lowest BCUT2D eigenvalue weighted by molar-refractivity contribution is 0.306. The highest BCUT2D eigenvalue weighted by atomic mass is 16.5. The van der Waals surface area contributed by atoms with Crippen LogP contribution in [0.1, 0.15) is 30.0 Å². The zero-order valence-corrected chi connectivity index (χ0v) is 18.9. The first kappa shape index (κ1) is 22.4. The second-order valence-corrected chi connectivity index (χ2v) is 7.92. The summed E-state index contributed by atoms with van der Waals surface area (Å²) >= 11 is 0. The van der Waals surface area contributed by atoms with Gasteiger partial charge in [-0.05, 0) is 62.5 Å². The fraction of sp³-hybridized carbons (Fsp3) is 0.375. The topological polar surface area (TPSA) is 100 Å². The van der Waals surface area contributed by atoms with Gasteiger partial charge in [0.1, 0.15) is 18.2 Å². The Morgan fingerprint density at radius 3 is 2.64 bits per heavy atom. The summed E-state index contributed by atoms with van der Waals surface area (Å²) in [5.41, 5.74) is 2.55. The third-order valence-corrected chi connectivity index (χ3v) is 5.60. The van der Waals surface area contributed by atoms with Crippen LogP contribution in [-0.2, 0) is 0 Å². The van der Waals surface area contributed by atoms with E-state index < -0.39 is 0 Å². The van der Waals surface area contributed by atoms with Crippen LogP contribution in [0.2, 0.25) is 0 Å². The van der Waals surface area contributed by atoms with Crippen LogP contribution >= 0.6 is 0 Å². The zero-order valence-electron chi connectivity index (χ0n) is 18.9. The Hall–Kier alpha value is -3.77. The molecular weight excluding hydrogens is 418 g/mol. The minimum atomic E-state index is 0.310. The van der Waals surface area contributed by atoms with E-state index in [2.05, 4.69) is 31.0 Å².